The van der Waals surface area contributed by atoms with Gasteiger partial charge in [0.1, 0.15) is 0 Å². The van der Waals surface area contributed by atoms with Gasteiger partial charge in [-0.2, -0.15) is 13.2 Å². The standard InChI is InChI=1S/C13H18F3N3O/c1-8(7-13(14,15)16)18-11-5-4-9(6-10(11)17)12(20)19(2)3/h4-6,8,18H,7,17H2,1-3H3. The molecule has 0 spiro atoms. The van der Waals surface area contributed by atoms with E-state index in [1.54, 1.807) is 14.1 Å². The zero-order chi connectivity index (χ0) is 15.5. The number of nitrogens with two attached hydrogens (primary N) is 1. The molecule has 20 heavy (non-hydrogen) atoms. The molecule has 0 aliphatic heterocycles. The van der Waals surface area contributed by atoms with Crippen molar-refractivity contribution in [1.29, 1.82) is 0 Å². The Morgan fingerprint density at radius 3 is 2.45 bits per heavy atom. The van der Waals surface area contributed by atoms with Crippen LogP contribution in [0, 0.1) is 0 Å². The van der Waals surface area contributed by atoms with Gasteiger partial charge in [0.05, 0.1) is 17.8 Å². The van der Waals surface area contributed by atoms with Crippen molar-refractivity contribution in [3.63, 3.8) is 0 Å². The minimum atomic E-state index is -4.23. The molecule has 0 aromatic heterocycles. The maximum atomic E-state index is 12.2. The Balaban J connectivity index is 2.81. The number of nitrogens with zero attached hydrogens (tertiary/aromatic N) is 1. The zero-order valence-electron chi connectivity index (χ0n) is 11.6. The maximum absolute atomic E-state index is 12.2. The van der Waals surface area contributed by atoms with Crippen LogP contribution in [0.15, 0.2) is 18.2 Å². The molecule has 1 aromatic rings. The Bertz CT molecular complexity index is 486. The summed E-state index contributed by atoms with van der Waals surface area (Å²) in [4.78, 5) is 13.1. The minimum absolute atomic E-state index is 0.216. The molecular formula is C13H18F3N3O. The highest BCUT2D eigenvalue weighted by molar-refractivity contribution is 5.95. The molecule has 1 amide bonds. The van der Waals surface area contributed by atoms with Gasteiger partial charge in [-0.25, -0.2) is 0 Å². The predicted octanol–water partition coefficient (Wildman–Crippen LogP) is 2.72. The number of hydrogen-bond donors (Lipinski definition) is 2. The van der Waals surface area contributed by atoms with Crippen LogP contribution in [0.5, 0.6) is 0 Å². The number of rotatable bonds is 4. The number of amides is 1. The van der Waals surface area contributed by atoms with Crippen LogP contribution in [0.4, 0.5) is 24.5 Å². The average molecular weight is 289 g/mol. The molecule has 7 heteroatoms. The Hall–Kier alpha value is -1.92. The second kappa shape index (κ2) is 6.02. The number of nitrogens with one attached hydrogen (secondary N) is 1. The third kappa shape index (κ3) is 4.64. The fourth-order valence-corrected chi connectivity index (χ4v) is 1.75. The van der Waals surface area contributed by atoms with Gasteiger partial charge in [0, 0.05) is 25.7 Å². The van der Waals surface area contributed by atoms with E-state index in [0.29, 0.717) is 11.3 Å². The van der Waals surface area contributed by atoms with E-state index < -0.39 is 18.6 Å². The highest BCUT2D eigenvalue weighted by Gasteiger charge is 2.30. The van der Waals surface area contributed by atoms with Gasteiger partial charge in [-0.3, -0.25) is 4.79 Å². The monoisotopic (exact) mass is 289 g/mol. The minimum Gasteiger partial charge on any atom is -0.397 e. The number of halogens is 3. The number of benzene rings is 1. The van der Waals surface area contributed by atoms with Crippen molar-refractivity contribution in [3.05, 3.63) is 23.8 Å². The molecule has 1 aromatic carbocycles. The first-order valence-electron chi connectivity index (χ1n) is 6.04. The lowest BCUT2D eigenvalue weighted by Crippen LogP contribution is -2.25. The van der Waals surface area contributed by atoms with Crippen LogP contribution in [-0.4, -0.2) is 37.1 Å². The van der Waals surface area contributed by atoms with Crippen LogP contribution in [0.3, 0.4) is 0 Å². The smallest absolute Gasteiger partial charge is 0.391 e. The van der Waals surface area contributed by atoms with E-state index in [4.69, 9.17) is 5.73 Å². The molecule has 0 saturated carbocycles. The topological polar surface area (TPSA) is 58.4 Å². The molecule has 0 aliphatic rings. The second-order valence-corrected chi connectivity index (χ2v) is 4.87. The van der Waals surface area contributed by atoms with Gasteiger partial charge in [0.15, 0.2) is 0 Å². The summed E-state index contributed by atoms with van der Waals surface area (Å²) in [5, 5.41) is 2.69. The normalized spacial score (nSPS) is 12.9. The van der Waals surface area contributed by atoms with Crippen molar-refractivity contribution in [3.8, 4) is 0 Å². The second-order valence-electron chi connectivity index (χ2n) is 4.87. The largest absolute Gasteiger partial charge is 0.397 e. The molecule has 1 atom stereocenters. The number of nitrogen functional groups attached to an aromatic ring is 1. The molecule has 1 unspecified atom stereocenters. The summed E-state index contributed by atoms with van der Waals surface area (Å²) in [5.41, 5.74) is 6.78. The van der Waals surface area contributed by atoms with Crippen LogP contribution in [0.2, 0.25) is 0 Å². The van der Waals surface area contributed by atoms with Crippen molar-refractivity contribution < 1.29 is 18.0 Å². The number of hydrogen-bond acceptors (Lipinski definition) is 3. The highest BCUT2D eigenvalue weighted by atomic mass is 19.4. The zero-order valence-corrected chi connectivity index (χ0v) is 11.6. The lowest BCUT2D eigenvalue weighted by molar-refractivity contribution is -0.136. The van der Waals surface area contributed by atoms with E-state index in [1.807, 2.05) is 0 Å². The van der Waals surface area contributed by atoms with Gasteiger partial charge in [-0.1, -0.05) is 0 Å². The van der Waals surface area contributed by atoms with Crippen LogP contribution in [-0.2, 0) is 0 Å². The van der Waals surface area contributed by atoms with Gasteiger partial charge in [0.25, 0.3) is 5.91 Å². The Morgan fingerprint density at radius 2 is 2.00 bits per heavy atom. The highest BCUT2D eigenvalue weighted by Crippen LogP contribution is 2.26. The third-order valence-electron chi connectivity index (χ3n) is 2.64. The average Bonchev–Trinajstić information content (AvgIpc) is 2.28. The molecule has 0 aliphatic carbocycles. The lowest BCUT2D eigenvalue weighted by atomic mass is 10.1. The van der Waals surface area contributed by atoms with E-state index in [-0.39, 0.29) is 11.6 Å². The molecular weight excluding hydrogens is 271 g/mol. The summed E-state index contributed by atoms with van der Waals surface area (Å²) in [6.45, 7) is 1.42. The quantitative estimate of drug-likeness (QED) is 0.838. The predicted molar refractivity (Wildman–Crippen MR) is 72.6 cm³/mol. The van der Waals surface area contributed by atoms with E-state index in [2.05, 4.69) is 5.32 Å². The molecule has 0 heterocycles. The van der Waals surface area contributed by atoms with Gasteiger partial charge in [0.2, 0.25) is 0 Å². The molecule has 0 saturated heterocycles. The van der Waals surface area contributed by atoms with Crippen molar-refractivity contribution in [2.45, 2.75) is 25.6 Å². The van der Waals surface area contributed by atoms with Crippen molar-refractivity contribution in [2.75, 3.05) is 25.1 Å². The first-order valence-corrected chi connectivity index (χ1v) is 6.04. The SMILES string of the molecule is CC(CC(F)(F)F)Nc1ccc(C(=O)N(C)C)cc1N. The Morgan fingerprint density at radius 1 is 1.40 bits per heavy atom. The van der Waals surface area contributed by atoms with E-state index in [9.17, 15) is 18.0 Å². The fourth-order valence-electron chi connectivity index (χ4n) is 1.75. The number of carbonyl (C=O) groups is 1. The maximum Gasteiger partial charge on any atom is 0.391 e. The lowest BCUT2D eigenvalue weighted by Gasteiger charge is -2.19. The first kappa shape index (κ1) is 16.1. The summed E-state index contributed by atoms with van der Waals surface area (Å²) < 4.78 is 36.7. The number of anilines is 2. The molecule has 0 radical (unpaired) electrons. The van der Waals surface area contributed by atoms with Crippen LogP contribution in [0.1, 0.15) is 23.7 Å². The molecule has 0 bridgehead atoms. The molecule has 112 valence electrons. The molecule has 0 fully saturated rings. The van der Waals surface area contributed by atoms with Crippen LogP contribution >= 0.6 is 0 Å². The summed E-state index contributed by atoms with van der Waals surface area (Å²) in [6.07, 6.45) is -5.19. The van der Waals surface area contributed by atoms with Gasteiger partial charge >= 0.3 is 6.18 Å². The van der Waals surface area contributed by atoms with Gasteiger partial charge in [-0.15, -0.1) is 0 Å². The first-order chi connectivity index (χ1) is 9.10. The van der Waals surface area contributed by atoms with E-state index in [1.165, 1.54) is 30.0 Å². The molecule has 3 N–H and O–H groups in total. The van der Waals surface area contributed by atoms with Crippen LogP contribution in [0.25, 0.3) is 0 Å². The van der Waals surface area contributed by atoms with Crippen molar-refractivity contribution in [2.24, 2.45) is 0 Å². The summed E-state index contributed by atoms with van der Waals surface area (Å²) in [6, 6.07) is 3.69. The van der Waals surface area contributed by atoms with Crippen molar-refractivity contribution in [1.82, 2.24) is 4.90 Å². The third-order valence-corrected chi connectivity index (χ3v) is 2.64. The van der Waals surface area contributed by atoms with E-state index in [0.717, 1.165) is 0 Å². The van der Waals surface area contributed by atoms with E-state index >= 15 is 0 Å². The summed E-state index contributed by atoms with van der Waals surface area (Å²) >= 11 is 0. The van der Waals surface area contributed by atoms with Crippen molar-refractivity contribution >= 4 is 17.3 Å². The molecule has 4 nitrogen and oxygen atoms in total. The molecule has 1 rings (SSSR count). The fraction of sp³-hybridized carbons (Fsp3) is 0.462. The van der Waals surface area contributed by atoms with Gasteiger partial charge in [-0.05, 0) is 25.1 Å². The van der Waals surface area contributed by atoms with Gasteiger partial charge < -0.3 is 16.0 Å². The van der Waals surface area contributed by atoms with Crippen LogP contribution < -0.4 is 11.1 Å². The number of carbonyl (C=O) groups excluding carboxylic acids is 1. The number of alkyl halides is 3. The Labute approximate surface area is 115 Å². The summed E-state index contributed by atoms with van der Waals surface area (Å²) in [7, 11) is 3.21. The summed E-state index contributed by atoms with van der Waals surface area (Å²) in [5.74, 6) is -0.216. The Kier molecular flexibility index (Phi) is 4.86.